The normalized spacial score (nSPS) is 28.8. The van der Waals surface area contributed by atoms with Gasteiger partial charge in [-0.15, -0.1) is 0 Å². The average molecular weight is 1310 g/mol. The van der Waals surface area contributed by atoms with E-state index in [0.717, 1.165) is 17.9 Å². The molecule has 2 rings (SSSR count). The van der Waals surface area contributed by atoms with Crippen LogP contribution in [0.25, 0.3) is 0 Å². The molecule has 0 aromatic heterocycles. The fraction of sp³-hybridized carbons (Fsp3) is 0.817. The molecular formula is C71H125N9O13. The third-order valence-corrected chi connectivity index (χ3v) is 19.7. The molecule has 0 aliphatic carbocycles. The van der Waals surface area contributed by atoms with Crippen LogP contribution in [0.5, 0.6) is 0 Å². The summed E-state index contributed by atoms with van der Waals surface area (Å²) in [4.78, 5) is 175. The highest BCUT2D eigenvalue weighted by molar-refractivity contribution is 6.00. The summed E-state index contributed by atoms with van der Waals surface area (Å²) in [5.41, 5.74) is 0. The molecule has 0 spiro atoms. The maximum atomic E-state index is 15.3. The van der Waals surface area contributed by atoms with Crippen molar-refractivity contribution in [1.29, 1.82) is 0 Å². The van der Waals surface area contributed by atoms with Crippen LogP contribution in [-0.4, -0.2) is 246 Å². The monoisotopic (exact) mass is 1310 g/mol. The Morgan fingerprint density at radius 2 is 1.02 bits per heavy atom. The predicted octanol–water partition coefficient (Wildman–Crippen LogP) is 6.63. The Labute approximate surface area is 559 Å². The van der Waals surface area contributed by atoms with Gasteiger partial charge in [-0.25, -0.2) is 0 Å². The second-order valence-corrected chi connectivity index (χ2v) is 29.5. The van der Waals surface area contributed by atoms with E-state index in [1.807, 2.05) is 75.3 Å². The Hall–Kier alpha value is -5.61. The number of ketones is 3. The highest BCUT2D eigenvalue weighted by atomic mass is 16.5. The van der Waals surface area contributed by atoms with E-state index in [4.69, 9.17) is 4.74 Å². The van der Waals surface area contributed by atoms with E-state index in [0.29, 0.717) is 25.9 Å². The van der Waals surface area contributed by atoms with Crippen molar-refractivity contribution in [1.82, 2.24) is 44.5 Å². The highest BCUT2D eigenvalue weighted by Gasteiger charge is 2.47. The lowest BCUT2D eigenvalue weighted by atomic mass is 9.83. The van der Waals surface area contributed by atoms with Gasteiger partial charge in [-0.3, -0.25) is 52.7 Å². The van der Waals surface area contributed by atoms with Crippen LogP contribution >= 0.6 is 0 Å². The lowest BCUT2D eigenvalue weighted by molar-refractivity contribution is -0.157. The third kappa shape index (κ3) is 22.8. The SMILES string of the molecule is C/C=C/C[C@@H](C)[C@@H](O)[C@H]1C(=O)N[C@@H](CC)C(=O)N(C)[C@H](C)C(=O)N(C)C([C@H](C)CCN2CC[C@H](OC)C2)C(=O)C[C@@H](C(C)C)C(=O)N(C)[C@@H](CC(C)C)C(=O)C[C@@H](C)C(=O)C[C@H](C)C(=O)N(C)[C@@H](CC(C)C)C(=O)N(C)[C@@H](CC(C)C)C(=O)N(C)[C@@H](C(C)C)C(=O)N1C. The van der Waals surface area contributed by atoms with E-state index in [2.05, 4.69) is 10.2 Å². The first-order chi connectivity index (χ1) is 43.1. The van der Waals surface area contributed by atoms with Crippen molar-refractivity contribution in [2.45, 2.75) is 242 Å². The van der Waals surface area contributed by atoms with Gasteiger partial charge in [-0.1, -0.05) is 116 Å². The fourth-order valence-electron chi connectivity index (χ4n) is 13.3. The van der Waals surface area contributed by atoms with Crippen LogP contribution in [0.4, 0.5) is 0 Å². The van der Waals surface area contributed by atoms with Gasteiger partial charge < -0.3 is 54.4 Å². The number of Topliss-reactive ketones (excluding diaryl/α,β-unsaturated/α-hetero) is 3. The molecule has 1 unspecified atom stereocenters. The van der Waals surface area contributed by atoms with Gasteiger partial charge in [0.15, 0.2) is 11.6 Å². The zero-order valence-corrected chi connectivity index (χ0v) is 61.8. The minimum Gasteiger partial charge on any atom is -0.390 e. The van der Waals surface area contributed by atoms with Crippen LogP contribution in [0.2, 0.25) is 0 Å². The number of allylic oxidation sites excluding steroid dienone is 2. The van der Waals surface area contributed by atoms with Gasteiger partial charge in [-0.2, -0.15) is 0 Å². The maximum absolute atomic E-state index is 15.3. The van der Waals surface area contributed by atoms with Crippen molar-refractivity contribution in [3.63, 3.8) is 0 Å². The van der Waals surface area contributed by atoms with E-state index in [9.17, 15) is 24.3 Å². The molecule has 2 aliphatic heterocycles. The van der Waals surface area contributed by atoms with Crippen LogP contribution in [0, 0.1) is 59.2 Å². The molecule has 22 nitrogen and oxygen atoms in total. The topological polar surface area (TPSA) is 255 Å². The van der Waals surface area contributed by atoms with Gasteiger partial charge in [0, 0.05) is 107 Å². The molecular weight excluding hydrogens is 1190 g/mol. The van der Waals surface area contributed by atoms with Crippen LogP contribution in [0.15, 0.2) is 12.2 Å². The summed E-state index contributed by atoms with van der Waals surface area (Å²) in [6.45, 7) is 32.5. The summed E-state index contributed by atoms with van der Waals surface area (Å²) < 4.78 is 5.63. The van der Waals surface area contributed by atoms with E-state index >= 15 is 33.6 Å². The van der Waals surface area contributed by atoms with Gasteiger partial charge in [0.25, 0.3) is 0 Å². The molecule has 0 aromatic rings. The molecule has 0 saturated carbocycles. The van der Waals surface area contributed by atoms with Crippen molar-refractivity contribution in [2.75, 3.05) is 76.1 Å². The molecule has 0 bridgehead atoms. The summed E-state index contributed by atoms with van der Waals surface area (Å²) in [6, 6.07) is -9.63. The van der Waals surface area contributed by atoms with Gasteiger partial charge in [0.2, 0.25) is 47.3 Å². The van der Waals surface area contributed by atoms with Crippen molar-refractivity contribution < 1.29 is 62.6 Å². The largest absolute Gasteiger partial charge is 0.390 e. The van der Waals surface area contributed by atoms with Gasteiger partial charge in [0.05, 0.1) is 24.3 Å². The zero-order valence-electron chi connectivity index (χ0n) is 61.8. The molecule has 2 heterocycles. The van der Waals surface area contributed by atoms with Gasteiger partial charge in [0.1, 0.15) is 42.0 Å². The number of hydrogen-bond acceptors (Lipinski definition) is 14. The molecule has 2 N–H and O–H groups in total. The summed E-state index contributed by atoms with van der Waals surface area (Å²) in [6.07, 6.45) is 3.68. The molecule has 15 atom stereocenters. The van der Waals surface area contributed by atoms with Crippen LogP contribution in [0.3, 0.4) is 0 Å². The smallest absolute Gasteiger partial charge is 0.246 e. The highest BCUT2D eigenvalue weighted by Crippen LogP contribution is 2.30. The zero-order chi connectivity index (χ0) is 71.5. The third-order valence-electron chi connectivity index (χ3n) is 19.7. The second kappa shape index (κ2) is 38.2. The number of hydrogen-bond donors (Lipinski definition) is 2. The maximum Gasteiger partial charge on any atom is 0.246 e. The van der Waals surface area contributed by atoms with Crippen molar-refractivity contribution in [3.8, 4) is 0 Å². The molecule has 93 heavy (non-hydrogen) atoms. The van der Waals surface area contributed by atoms with Crippen LogP contribution < -0.4 is 5.32 Å². The number of likely N-dealkylation sites (N-methyl/N-ethyl adjacent to an activating group) is 7. The fourth-order valence-corrected chi connectivity index (χ4v) is 13.3. The Balaban J connectivity index is 3.04. The molecule has 2 aliphatic rings. The van der Waals surface area contributed by atoms with Crippen molar-refractivity contribution in [2.24, 2.45) is 59.2 Å². The Bertz CT molecular complexity index is 2560. The summed E-state index contributed by atoms with van der Waals surface area (Å²) >= 11 is 0. The van der Waals surface area contributed by atoms with E-state index in [1.165, 1.54) is 78.6 Å². The standard InChI is InChI=1S/C71H125N9O13/c1-26-28-29-47(14)63(84)62-64(85)72-53(27-2)68(89)73(18)50(17)66(87)78(23)61(46(13)30-32-80-33-31-51(40-80)93-25)59(83)39-52(44(9)10)67(88)74(19)54(34-41(3)4)58(82)37-48(15)57(81)38-49(16)65(86)75(20)55(35-42(5)6)69(90)76(21)56(36-43(7)8)70(91)77(22)60(45(11)12)71(92)79(62)24/h26,28,41-56,60-63,84H,27,29-40H2,1-25H3,(H,72,85)/b28-26+/t46-,47-,48-,49+,50-,51+,52+,53+,54+,55+,56+,60+,61?,62+,63-/m1/s1. The summed E-state index contributed by atoms with van der Waals surface area (Å²) in [7, 11) is 12.0. The number of nitrogens with one attached hydrogen (secondary N) is 1. The number of carbonyl (C=O) groups excluding carboxylic acids is 11. The van der Waals surface area contributed by atoms with Gasteiger partial charge in [-0.05, 0) is 107 Å². The van der Waals surface area contributed by atoms with Crippen LogP contribution in [-0.2, 0) is 57.5 Å². The molecule has 2 saturated heterocycles. The first-order valence-electron chi connectivity index (χ1n) is 34.4. The molecule has 0 radical (unpaired) electrons. The number of rotatable bonds is 18. The van der Waals surface area contributed by atoms with E-state index in [-0.39, 0.29) is 86.2 Å². The number of amides is 8. The Morgan fingerprint density at radius 3 is 1.51 bits per heavy atom. The van der Waals surface area contributed by atoms with E-state index < -0.39 is 143 Å². The van der Waals surface area contributed by atoms with E-state index in [1.54, 1.807) is 61.8 Å². The first-order valence-corrected chi connectivity index (χ1v) is 34.4. The molecule has 0 aromatic carbocycles. The predicted molar refractivity (Wildman–Crippen MR) is 363 cm³/mol. The lowest BCUT2D eigenvalue weighted by Gasteiger charge is -2.41. The number of aliphatic hydroxyl groups is 1. The number of methoxy groups -OCH3 is 1. The molecule has 8 amide bonds. The van der Waals surface area contributed by atoms with Gasteiger partial charge >= 0.3 is 0 Å². The number of ether oxygens (including phenoxy) is 1. The molecule has 532 valence electrons. The first kappa shape index (κ1) is 83.5. The lowest BCUT2D eigenvalue weighted by Crippen LogP contribution is -2.63. The minimum absolute atomic E-state index is 0.0228. The Kier molecular flexibility index (Phi) is 34.3. The molecule has 22 heteroatoms. The summed E-state index contributed by atoms with van der Waals surface area (Å²) in [5.74, 6) is -11.1. The average Bonchev–Trinajstić information content (AvgIpc) is 0.914. The second-order valence-electron chi connectivity index (χ2n) is 29.5. The van der Waals surface area contributed by atoms with Crippen LogP contribution in [0.1, 0.15) is 182 Å². The Morgan fingerprint density at radius 1 is 0.538 bits per heavy atom. The van der Waals surface area contributed by atoms with Crippen molar-refractivity contribution >= 4 is 64.6 Å². The number of nitrogens with zero attached hydrogens (tertiary/aromatic N) is 8. The summed E-state index contributed by atoms with van der Waals surface area (Å²) in [5, 5.41) is 15.1. The number of carbonyl (C=O) groups is 11. The van der Waals surface area contributed by atoms with Crippen molar-refractivity contribution in [3.05, 3.63) is 12.2 Å². The number of aliphatic hydroxyl groups excluding tert-OH is 1. The number of likely N-dealkylation sites (tertiary alicyclic amines) is 1. The minimum atomic E-state index is -1.61. The molecule has 2 fully saturated rings. The quantitative estimate of drug-likeness (QED) is 0.137.